The van der Waals surface area contributed by atoms with E-state index in [0.717, 1.165) is 29.9 Å². The van der Waals surface area contributed by atoms with Crippen LogP contribution in [0.2, 0.25) is 0 Å². The Hall–Kier alpha value is -2.36. The SMILES string of the molecule is CCCCCCCCCCCCCCCOc1ccc(-c2ccc(OC(=O)C(F)CC(C)C)cc2)cc1. The topological polar surface area (TPSA) is 35.5 Å². The molecule has 37 heavy (non-hydrogen) atoms. The van der Waals surface area contributed by atoms with Crippen molar-refractivity contribution in [1.82, 2.24) is 0 Å². The molecular formula is C33H49FO3. The number of benzene rings is 2. The number of carbonyl (C=O) groups is 1. The molecule has 0 N–H and O–H groups in total. The summed E-state index contributed by atoms with van der Waals surface area (Å²) in [6.45, 7) is 6.79. The summed E-state index contributed by atoms with van der Waals surface area (Å²) in [5, 5.41) is 0. The summed E-state index contributed by atoms with van der Waals surface area (Å²) >= 11 is 0. The molecule has 0 fully saturated rings. The van der Waals surface area contributed by atoms with Gasteiger partial charge in [-0.1, -0.05) is 122 Å². The average Bonchev–Trinajstić information content (AvgIpc) is 2.89. The summed E-state index contributed by atoms with van der Waals surface area (Å²) in [6, 6.07) is 15.2. The number of hydrogen-bond acceptors (Lipinski definition) is 3. The Labute approximate surface area is 225 Å². The van der Waals surface area contributed by atoms with Crippen LogP contribution < -0.4 is 9.47 Å². The van der Waals surface area contributed by atoms with Gasteiger partial charge in [0.25, 0.3) is 0 Å². The van der Waals surface area contributed by atoms with Crippen molar-refractivity contribution < 1.29 is 18.7 Å². The average molecular weight is 513 g/mol. The molecule has 0 aliphatic carbocycles. The van der Waals surface area contributed by atoms with Gasteiger partial charge in [-0.2, -0.15) is 0 Å². The fourth-order valence-electron chi connectivity index (χ4n) is 4.46. The van der Waals surface area contributed by atoms with E-state index < -0.39 is 12.1 Å². The molecule has 2 aromatic carbocycles. The van der Waals surface area contributed by atoms with Crippen LogP contribution in [0.3, 0.4) is 0 Å². The molecule has 0 aliphatic rings. The van der Waals surface area contributed by atoms with E-state index in [1.165, 1.54) is 77.0 Å². The quantitative estimate of drug-likeness (QED) is 0.101. The van der Waals surface area contributed by atoms with Gasteiger partial charge in [-0.15, -0.1) is 0 Å². The monoisotopic (exact) mass is 512 g/mol. The van der Waals surface area contributed by atoms with Crippen molar-refractivity contribution in [2.24, 2.45) is 5.92 Å². The highest BCUT2D eigenvalue weighted by atomic mass is 19.1. The van der Waals surface area contributed by atoms with E-state index in [1.54, 1.807) is 12.1 Å². The van der Waals surface area contributed by atoms with Gasteiger partial charge in [-0.3, -0.25) is 0 Å². The molecule has 0 aliphatic heterocycles. The third-order valence-corrected chi connectivity index (χ3v) is 6.71. The van der Waals surface area contributed by atoms with Gasteiger partial charge in [0.1, 0.15) is 11.5 Å². The van der Waals surface area contributed by atoms with Gasteiger partial charge in [-0.05, 0) is 54.2 Å². The van der Waals surface area contributed by atoms with Crippen LogP contribution in [0.4, 0.5) is 4.39 Å². The molecular weight excluding hydrogens is 463 g/mol. The molecule has 4 heteroatoms. The molecule has 0 aromatic heterocycles. The Morgan fingerprint density at radius 2 is 1.11 bits per heavy atom. The minimum atomic E-state index is -1.59. The first-order valence-electron chi connectivity index (χ1n) is 14.7. The normalized spacial score (nSPS) is 12.0. The van der Waals surface area contributed by atoms with Crippen LogP contribution in [0.1, 0.15) is 111 Å². The zero-order chi connectivity index (χ0) is 26.7. The van der Waals surface area contributed by atoms with E-state index in [0.29, 0.717) is 5.75 Å². The van der Waals surface area contributed by atoms with Crippen molar-refractivity contribution in [2.45, 2.75) is 117 Å². The third kappa shape index (κ3) is 13.7. The minimum Gasteiger partial charge on any atom is -0.494 e. The number of rotatable bonds is 20. The standard InChI is InChI=1S/C33H49FO3/c1-4-5-6-7-8-9-10-11-12-13-14-15-16-25-36-30-21-17-28(18-22-30)29-19-23-31(24-20-29)37-33(35)32(34)26-27(2)3/h17-24,27,32H,4-16,25-26H2,1-3H3. The summed E-state index contributed by atoms with van der Waals surface area (Å²) in [7, 11) is 0. The number of halogens is 1. The Bertz CT molecular complexity index is 845. The maximum absolute atomic E-state index is 13.9. The summed E-state index contributed by atoms with van der Waals surface area (Å²) in [4.78, 5) is 11.9. The highest BCUT2D eigenvalue weighted by Crippen LogP contribution is 2.25. The van der Waals surface area contributed by atoms with Gasteiger partial charge in [-0.25, -0.2) is 9.18 Å². The molecule has 0 saturated carbocycles. The van der Waals surface area contributed by atoms with E-state index in [-0.39, 0.29) is 12.3 Å². The summed E-state index contributed by atoms with van der Waals surface area (Å²) in [5.41, 5.74) is 2.05. The highest BCUT2D eigenvalue weighted by molar-refractivity contribution is 5.77. The maximum atomic E-state index is 13.9. The lowest BCUT2D eigenvalue weighted by Gasteiger charge is -2.11. The number of esters is 1. The van der Waals surface area contributed by atoms with Gasteiger partial charge in [0.2, 0.25) is 0 Å². The van der Waals surface area contributed by atoms with Gasteiger partial charge >= 0.3 is 5.97 Å². The van der Waals surface area contributed by atoms with Crippen LogP contribution >= 0.6 is 0 Å². The molecule has 0 saturated heterocycles. The molecule has 0 spiro atoms. The number of carbonyl (C=O) groups excluding carboxylic acids is 1. The third-order valence-electron chi connectivity index (χ3n) is 6.71. The Morgan fingerprint density at radius 3 is 1.57 bits per heavy atom. The van der Waals surface area contributed by atoms with Crippen molar-refractivity contribution in [3.63, 3.8) is 0 Å². The minimum absolute atomic E-state index is 0.103. The number of alkyl halides is 1. The zero-order valence-electron chi connectivity index (χ0n) is 23.5. The van der Waals surface area contributed by atoms with Crippen LogP contribution in [0, 0.1) is 5.92 Å². The van der Waals surface area contributed by atoms with Crippen LogP contribution in [0.5, 0.6) is 11.5 Å². The Kier molecular flexibility index (Phi) is 15.7. The second kappa shape index (κ2) is 18.8. The fraction of sp³-hybridized carbons (Fsp3) is 0.606. The molecule has 0 radical (unpaired) electrons. The van der Waals surface area contributed by atoms with E-state index >= 15 is 0 Å². The smallest absolute Gasteiger partial charge is 0.346 e. The van der Waals surface area contributed by atoms with E-state index in [9.17, 15) is 9.18 Å². The van der Waals surface area contributed by atoms with Crippen LogP contribution in [-0.2, 0) is 4.79 Å². The summed E-state index contributed by atoms with van der Waals surface area (Å²) < 4.78 is 25.0. The molecule has 0 heterocycles. The number of ether oxygens (including phenoxy) is 2. The number of unbranched alkanes of at least 4 members (excludes halogenated alkanes) is 12. The van der Waals surface area contributed by atoms with Crippen molar-refractivity contribution in [1.29, 1.82) is 0 Å². The summed E-state index contributed by atoms with van der Waals surface area (Å²) in [5.74, 6) is 0.517. The van der Waals surface area contributed by atoms with Crippen LogP contribution in [-0.4, -0.2) is 18.7 Å². The molecule has 1 unspecified atom stereocenters. The molecule has 206 valence electrons. The van der Waals surface area contributed by atoms with Gasteiger partial charge in [0.15, 0.2) is 6.17 Å². The van der Waals surface area contributed by atoms with Crippen molar-refractivity contribution in [3.8, 4) is 22.6 Å². The molecule has 3 nitrogen and oxygen atoms in total. The van der Waals surface area contributed by atoms with Gasteiger partial charge in [0, 0.05) is 0 Å². The van der Waals surface area contributed by atoms with E-state index in [4.69, 9.17) is 9.47 Å². The first-order valence-corrected chi connectivity index (χ1v) is 14.7. The molecule has 0 amide bonds. The second-order valence-corrected chi connectivity index (χ2v) is 10.7. The Morgan fingerprint density at radius 1 is 0.676 bits per heavy atom. The molecule has 2 rings (SSSR count). The lowest BCUT2D eigenvalue weighted by Crippen LogP contribution is -2.23. The molecule has 1 atom stereocenters. The lowest BCUT2D eigenvalue weighted by atomic mass is 10.0. The first-order chi connectivity index (χ1) is 18.0. The molecule has 2 aromatic rings. The predicted octanol–water partition coefficient (Wildman–Crippen LogP) is 10.1. The van der Waals surface area contributed by atoms with Crippen molar-refractivity contribution in [3.05, 3.63) is 48.5 Å². The van der Waals surface area contributed by atoms with E-state index in [2.05, 4.69) is 6.92 Å². The highest BCUT2D eigenvalue weighted by Gasteiger charge is 2.20. The summed E-state index contributed by atoms with van der Waals surface area (Å²) in [6.07, 6.45) is 16.1. The van der Waals surface area contributed by atoms with Gasteiger partial charge < -0.3 is 9.47 Å². The largest absolute Gasteiger partial charge is 0.494 e. The first kappa shape index (κ1) is 30.9. The number of hydrogen-bond donors (Lipinski definition) is 0. The van der Waals surface area contributed by atoms with Crippen molar-refractivity contribution >= 4 is 5.97 Å². The second-order valence-electron chi connectivity index (χ2n) is 10.7. The van der Waals surface area contributed by atoms with E-state index in [1.807, 2.05) is 50.2 Å². The van der Waals surface area contributed by atoms with Crippen LogP contribution in [0.15, 0.2) is 48.5 Å². The zero-order valence-corrected chi connectivity index (χ0v) is 23.5. The fourth-order valence-corrected chi connectivity index (χ4v) is 4.46. The Balaban J connectivity index is 1.57. The predicted molar refractivity (Wildman–Crippen MR) is 153 cm³/mol. The van der Waals surface area contributed by atoms with Crippen molar-refractivity contribution in [2.75, 3.05) is 6.61 Å². The maximum Gasteiger partial charge on any atom is 0.346 e. The lowest BCUT2D eigenvalue weighted by molar-refractivity contribution is -0.140. The van der Waals surface area contributed by atoms with Gasteiger partial charge in [0.05, 0.1) is 6.61 Å². The molecule has 0 bridgehead atoms. The van der Waals surface area contributed by atoms with Crippen LogP contribution in [0.25, 0.3) is 11.1 Å².